The lowest BCUT2D eigenvalue weighted by atomic mass is 9.93. The molecular weight excluding hydrogens is 240 g/mol. The molecule has 4 heteroatoms. The normalized spacial score (nSPS) is 12.3. The number of carboxylic acids is 1. The van der Waals surface area contributed by atoms with Gasteiger partial charge in [0.15, 0.2) is 0 Å². The van der Waals surface area contributed by atoms with Crippen LogP contribution < -0.4 is 0 Å². The first-order valence-corrected chi connectivity index (χ1v) is 6.49. The molecule has 0 bridgehead atoms. The molecule has 1 aromatic carbocycles. The minimum Gasteiger partial charge on any atom is -0.481 e. The molecule has 1 atom stereocenters. The van der Waals surface area contributed by atoms with Crippen molar-refractivity contribution in [2.45, 2.75) is 32.2 Å². The zero-order valence-electron chi connectivity index (χ0n) is 11.0. The highest BCUT2D eigenvalue weighted by Gasteiger charge is 2.20. The molecular formula is C15H18N2O2. The van der Waals surface area contributed by atoms with Crippen LogP contribution in [0.4, 0.5) is 0 Å². The quantitative estimate of drug-likeness (QED) is 0.866. The van der Waals surface area contributed by atoms with Crippen LogP contribution in [-0.2, 0) is 17.8 Å². The Balaban J connectivity index is 2.15. The third-order valence-electron chi connectivity index (χ3n) is 3.08. The lowest BCUT2D eigenvalue weighted by molar-refractivity contribution is -0.138. The summed E-state index contributed by atoms with van der Waals surface area (Å²) in [5.41, 5.74) is 1.79. The van der Waals surface area contributed by atoms with E-state index in [1.165, 1.54) is 0 Å². The first kappa shape index (κ1) is 13.3. The van der Waals surface area contributed by atoms with Gasteiger partial charge >= 0.3 is 5.97 Å². The molecule has 2 rings (SSSR count). The highest BCUT2D eigenvalue weighted by Crippen LogP contribution is 2.21. The van der Waals surface area contributed by atoms with E-state index in [0.717, 1.165) is 24.1 Å². The van der Waals surface area contributed by atoms with Crippen molar-refractivity contribution in [3.8, 4) is 0 Å². The number of benzene rings is 1. The summed E-state index contributed by atoms with van der Waals surface area (Å²) in [5.74, 6) is -1.31. The highest BCUT2D eigenvalue weighted by molar-refractivity contribution is 5.76. The van der Waals surface area contributed by atoms with Crippen LogP contribution in [0.25, 0.3) is 0 Å². The minimum atomic E-state index is -0.797. The molecule has 0 amide bonds. The van der Waals surface area contributed by atoms with Gasteiger partial charge in [-0.15, -0.1) is 0 Å². The van der Waals surface area contributed by atoms with Gasteiger partial charge in [-0.05, 0) is 24.0 Å². The van der Waals surface area contributed by atoms with Crippen molar-refractivity contribution in [3.63, 3.8) is 0 Å². The third kappa shape index (κ3) is 3.44. The van der Waals surface area contributed by atoms with E-state index in [4.69, 9.17) is 0 Å². The van der Waals surface area contributed by atoms with Crippen molar-refractivity contribution in [1.29, 1.82) is 0 Å². The van der Waals surface area contributed by atoms with Gasteiger partial charge in [-0.3, -0.25) is 9.48 Å². The van der Waals surface area contributed by atoms with Gasteiger partial charge in [0.25, 0.3) is 0 Å². The summed E-state index contributed by atoms with van der Waals surface area (Å²) in [6.45, 7) is 2.95. The Morgan fingerprint density at radius 1 is 1.37 bits per heavy atom. The molecule has 0 spiro atoms. The average molecular weight is 258 g/mol. The molecule has 0 fully saturated rings. The number of nitrogens with zero attached hydrogens (tertiary/aromatic N) is 2. The molecule has 1 aromatic heterocycles. The lowest BCUT2D eigenvalue weighted by Crippen LogP contribution is -2.14. The second-order valence-electron chi connectivity index (χ2n) is 4.62. The molecule has 1 unspecified atom stereocenters. The highest BCUT2D eigenvalue weighted by atomic mass is 16.4. The Kier molecular flexibility index (Phi) is 4.34. The van der Waals surface area contributed by atoms with Crippen LogP contribution in [0.3, 0.4) is 0 Å². The third-order valence-corrected chi connectivity index (χ3v) is 3.08. The SMILES string of the molecule is CCCn1cc(CC(C(=O)O)c2ccccc2)cn1. The Bertz CT molecular complexity index is 534. The van der Waals surface area contributed by atoms with Crippen molar-refractivity contribution >= 4 is 5.97 Å². The number of rotatable bonds is 6. The largest absolute Gasteiger partial charge is 0.481 e. The number of carboxylic acid groups (broad SMARTS) is 1. The molecule has 4 nitrogen and oxygen atoms in total. The summed E-state index contributed by atoms with van der Waals surface area (Å²) in [4.78, 5) is 11.4. The van der Waals surface area contributed by atoms with E-state index in [0.29, 0.717) is 6.42 Å². The fourth-order valence-corrected chi connectivity index (χ4v) is 2.13. The van der Waals surface area contributed by atoms with Gasteiger partial charge in [-0.1, -0.05) is 37.3 Å². The van der Waals surface area contributed by atoms with Crippen molar-refractivity contribution in [3.05, 3.63) is 53.9 Å². The molecule has 0 aliphatic rings. The molecule has 1 N–H and O–H groups in total. The Morgan fingerprint density at radius 3 is 2.74 bits per heavy atom. The summed E-state index contributed by atoms with van der Waals surface area (Å²) in [6.07, 6.45) is 5.18. The van der Waals surface area contributed by atoms with Gasteiger partial charge in [-0.2, -0.15) is 5.10 Å². The number of carbonyl (C=O) groups is 1. The van der Waals surface area contributed by atoms with Gasteiger partial charge in [0.1, 0.15) is 0 Å². The summed E-state index contributed by atoms with van der Waals surface area (Å²) in [7, 11) is 0. The average Bonchev–Trinajstić information content (AvgIpc) is 2.85. The number of aromatic nitrogens is 2. The lowest BCUT2D eigenvalue weighted by Gasteiger charge is -2.11. The van der Waals surface area contributed by atoms with Crippen molar-refractivity contribution in [1.82, 2.24) is 9.78 Å². The predicted octanol–water partition coefficient (Wildman–Crippen LogP) is 2.70. The van der Waals surface area contributed by atoms with E-state index in [2.05, 4.69) is 12.0 Å². The van der Waals surface area contributed by atoms with Crippen molar-refractivity contribution in [2.24, 2.45) is 0 Å². The van der Waals surface area contributed by atoms with Crippen LogP contribution in [-0.4, -0.2) is 20.9 Å². The van der Waals surface area contributed by atoms with Gasteiger partial charge in [0, 0.05) is 12.7 Å². The maximum atomic E-state index is 11.4. The molecule has 2 aromatic rings. The molecule has 19 heavy (non-hydrogen) atoms. The zero-order valence-corrected chi connectivity index (χ0v) is 11.0. The van der Waals surface area contributed by atoms with Crippen LogP contribution in [0, 0.1) is 0 Å². The summed E-state index contributed by atoms with van der Waals surface area (Å²) < 4.78 is 1.86. The maximum Gasteiger partial charge on any atom is 0.311 e. The number of hydrogen-bond acceptors (Lipinski definition) is 2. The van der Waals surface area contributed by atoms with Crippen molar-refractivity contribution < 1.29 is 9.90 Å². The van der Waals surface area contributed by atoms with Crippen LogP contribution in [0.15, 0.2) is 42.7 Å². The van der Waals surface area contributed by atoms with E-state index >= 15 is 0 Å². The van der Waals surface area contributed by atoms with Gasteiger partial charge in [0.2, 0.25) is 0 Å². The minimum absolute atomic E-state index is 0.475. The fraction of sp³-hybridized carbons (Fsp3) is 0.333. The fourth-order valence-electron chi connectivity index (χ4n) is 2.13. The first-order valence-electron chi connectivity index (χ1n) is 6.49. The monoisotopic (exact) mass is 258 g/mol. The van der Waals surface area contributed by atoms with E-state index in [9.17, 15) is 9.90 Å². The van der Waals surface area contributed by atoms with Crippen LogP contribution in [0.5, 0.6) is 0 Å². The van der Waals surface area contributed by atoms with Crippen molar-refractivity contribution in [2.75, 3.05) is 0 Å². The van der Waals surface area contributed by atoms with Gasteiger partial charge in [-0.25, -0.2) is 0 Å². The number of aliphatic carboxylic acids is 1. The Labute approximate surface area is 112 Å². The predicted molar refractivity (Wildman–Crippen MR) is 73.0 cm³/mol. The Morgan fingerprint density at radius 2 is 2.11 bits per heavy atom. The summed E-state index contributed by atoms with van der Waals surface area (Å²) >= 11 is 0. The molecule has 100 valence electrons. The molecule has 0 aliphatic heterocycles. The van der Waals surface area contributed by atoms with E-state index in [1.807, 2.05) is 41.2 Å². The molecule has 0 aliphatic carbocycles. The van der Waals surface area contributed by atoms with Crippen LogP contribution >= 0.6 is 0 Å². The molecule has 0 radical (unpaired) electrons. The standard InChI is InChI=1S/C15H18N2O2/c1-2-8-17-11-12(10-16-17)9-14(15(18)19)13-6-4-3-5-7-13/h3-7,10-11,14H,2,8-9H2,1H3,(H,18,19). The topological polar surface area (TPSA) is 55.1 Å². The first-order chi connectivity index (χ1) is 9.20. The van der Waals surface area contributed by atoms with Gasteiger partial charge in [0.05, 0.1) is 12.1 Å². The van der Waals surface area contributed by atoms with E-state index in [1.54, 1.807) is 6.20 Å². The Hall–Kier alpha value is -2.10. The van der Waals surface area contributed by atoms with Gasteiger partial charge < -0.3 is 5.11 Å². The van der Waals surface area contributed by atoms with E-state index in [-0.39, 0.29) is 0 Å². The van der Waals surface area contributed by atoms with Crippen LogP contribution in [0.2, 0.25) is 0 Å². The molecule has 0 saturated carbocycles. The number of hydrogen-bond donors (Lipinski definition) is 1. The second-order valence-corrected chi connectivity index (χ2v) is 4.62. The zero-order chi connectivity index (χ0) is 13.7. The number of aryl methyl sites for hydroxylation is 1. The molecule has 0 saturated heterocycles. The second kappa shape index (κ2) is 6.18. The smallest absolute Gasteiger partial charge is 0.311 e. The maximum absolute atomic E-state index is 11.4. The van der Waals surface area contributed by atoms with E-state index < -0.39 is 11.9 Å². The summed E-state index contributed by atoms with van der Waals surface area (Å²) in [6, 6.07) is 9.34. The summed E-state index contributed by atoms with van der Waals surface area (Å²) in [5, 5.41) is 13.6. The molecule has 1 heterocycles. The van der Waals surface area contributed by atoms with Crippen LogP contribution in [0.1, 0.15) is 30.4 Å².